The van der Waals surface area contributed by atoms with E-state index in [1.165, 1.54) is 5.56 Å². The fourth-order valence-electron chi connectivity index (χ4n) is 0.534. The summed E-state index contributed by atoms with van der Waals surface area (Å²) in [6, 6.07) is 10.3. The molecule has 0 aliphatic heterocycles. The molecule has 3 N–H and O–H groups in total. The van der Waals surface area contributed by atoms with Crippen LogP contribution in [0.2, 0.25) is 0 Å². The largest absolute Gasteiger partial charge is 0.344 e. The average Bonchev–Trinajstić information content (AvgIpc) is 2.13. The lowest BCUT2D eigenvalue weighted by molar-refractivity contribution is -0.0979. The first-order valence-corrected chi connectivity index (χ1v) is 3.70. The Balaban J connectivity index is -0.000000144. The molecule has 1 aromatic rings. The number of aryl methyl sites for hydroxylation is 1. The van der Waals surface area contributed by atoms with Crippen molar-refractivity contribution < 1.29 is 4.79 Å². The Morgan fingerprint density at radius 3 is 1.50 bits per heavy atom. The van der Waals surface area contributed by atoms with Gasteiger partial charge in [0.2, 0.25) is 0 Å². The third-order valence-corrected chi connectivity index (χ3v) is 0.940. The molecule has 0 radical (unpaired) electrons. The minimum atomic E-state index is 0. The first-order valence-electron chi connectivity index (χ1n) is 3.70. The molecule has 0 saturated heterocycles. The molecule has 70 valence electrons. The van der Waals surface area contributed by atoms with Crippen LogP contribution in [-0.2, 0) is 4.79 Å². The Hall–Kier alpha value is -1.15. The van der Waals surface area contributed by atoms with Crippen molar-refractivity contribution in [2.45, 2.75) is 20.8 Å². The highest BCUT2D eigenvalue weighted by Gasteiger charge is 1.72. The number of carbonyl (C=O) groups excluding carboxylic acids is 1. The van der Waals surface area contributed by atoms with Crippen LogP contribution in [0.4, 0.5) is 0 Å². The molecule has 0 fully saturated rings. The summed E-state index contributed by atoms with van der Waals surface area (Å²) in [5, 5.41) is 0. The van der Waals surface area contributed by atoms with Gasteiger partial charge in [0.25, 0.3) is 0 Å². The summed E-state index contributed by atoms with van der Waals surface area (Å²) < 4.78 is 0. The smallest absolute Gasteiger partial charge is 0.106 e. The Morgan fingerprint density at radius 1 is 1.00 bits per heavy atom. The van der Waals surface area contributed by atoms with Gasteiger partial charge in [-0.2, -0.15) is 0 Å². The van der Waals surface area contributed by atoms with Gasteiger partial charge in [-0.3, -0.25) is 0 Å². The van der Waals surface area contributed by atoms with Crippen molar-refractivity contribution in [2.75, 3.05) is 0 Å². The highest BCUT2D eigenvalue weighted by Crippen LogP contribution is 1.92. The number of hydrogen-bond donors (Lipinski definition) is 1. The lowest BCUT2D eigenvalue weighted by Crippen LogP contribution is -1.62. The van der Waals surface area contributed by atoms with E-state index < -0.39 is 0 Å². The molecule has 0 bridgehead atoms. The predicted octanol–water partition coefficient (Wildman–Crippen LogP) is 3.00. The second-order valence-corrected chi connectivity index (χ2v) is 1.65. The van der Waals surface area contributed by atoms with Gasteiger partial charge in [0.05, 0.1) is 0 Å². The van der Waals surface area contributed by atoms with Crippen molar-refractivity contribution in [1.29, 1.82) is 0 Å². The van der Waals surface area contributed by atoms with Crippen molar-refractivity contribution in [3.05, 3.63) is 35.9 Å². The van der Waals surface area contributed by atoms with E-state index in [0.717, 1.165) is 0 Å². The van der Waals surface area contributed by atoms with Gasteiger partial charge in [-0.1, -0.05) is 49.7 Å². The van der Waals surface area contributed by atoms with Crippen molar-refractivity contribution in [2.24, 2.45) is 0 Å². The summed E-state index contributed by atoms with van der Waals surface area (Å²) in [4.78, 5) is 8.00. The van der Waals surface area contributed by atoms with Gasteiger partial charge in [0.1, 0.15) is 6.79 Å². The summed E-state index contributed by atoms with van der Waals surface area (Å²) in [6.07, 6.45) is 0. The quantitative estimate of drug-likeness (QED) is 0.649. The molecule has 0 atom stereocenters. The average molecular weight is 169 g/mol. The zero-order valence-corrected chi connectivity index (χ0v) is 8.21. The van der Waals surface area contributed by atoms with E-state index in [2.05, 4.69) is 19.1 Å². The van der Waals surface area contributed by atoms with Crippen molar-refractivity contribution in [1.82, 2.24) is 6.15 Å². The van der Waals surface area contributed by atoms with Crippen LogP contribution in [-0.4, -0.2) is 6.79 Å². The van der Waals surface area contributed by atoms with E-state index in [9.17, 15) is 0 Å². The lowest BCUT2D eigenvalue weighted by atomic mass is 10.2. The minimum absolute atomic E-state index is 0. The van der Waals surface area contributed by atoms with Gasteiger partial charge >= 0.3 is 0 Å². The number of benzene rings is 1. The molecule has 0 unspecified atom stereocenters. The second kappa shape index (κ2) is 16.4. The predicted molar refractivity (Wildman–Crippen MR) is 54.7 cm³/mol. The van der Waals surface area contributed by atoms with Crippen LogP contribution in [0, 0.1) is 6.92 Å². The van der Waals surface area contributed by atoms with Gasteiger partial charge in [0, 0.05) is 0 Å². The molecule has 0 amide bonds. The SMILES string of the molecule is C=O.CC.Cc1ccccc1.N. The maximum absolute atomic E-state index is 8.00. The Labute approximate surface area is 75.2 Å². The monoisotopic (exact) mass is 169 g/mol. The maximum Gasteiger partial charge on any atom is 0.106 e. The molecule has 0 aliphatic rings. The van der Waals surface area contributed by atoms with Crippen LogP contribution in [0.5, 0.6) is 0 Å². The van der Waals surface area contributed by atoms with Crippen LogP contribution in [0.1, 0.15) is 19.4 Å². The van der Waals surface area contributed by atoms with Crippen LogP contribution < -0.4 is 6.15 Å². The number of hydrogen-bond acceptors (Lipinski definition) is 2. The molecule has 1 aromatic carbocycles. The summed E-state index contributed by atoms with van der Waals surface area (Å²) >= 11 is 0. The molecule has 0 aromatic heterocycles. The van der Waals surface area contributed by atoms with E-state index in [4.69, 9.17) is 4.79 Å². The molecular formula is C10H19NO. The maximum atomic E-state index is 8.00. The summed E-state index contributed by atoms with van der Waals surface area (Å²) in [6.45, 7) is 8.08. The van der Waals surface area contributed by atoms with Crippen molar-refractivity contribution >= 4 is 6.79 Å². The molecular weight excluding hydrogens is 150 g/mol. The van der Waals surface area contributed by atoms with Gasteiger partial charge in [-0.25, -0.2) is 0 Å². The third kappa shape index (κ3) is 11.6. The second-order valence-electron chi connectivity index (χ2n) is 1.65. The van der Waals surface area contributed by atoms with Crippen molar-refractivity contribution in [3.63, 3.8) is 0 Å². The van der Waals surface area contributed by atoms with Crippen LogP contribution in [0.25, 0.3) is 0 Å². The summed E-state index contributed by atoms with van der Waals surface area (Å²) in [7, 11) is 0. The molecule has 0 heterocycles. The zero-order valence-electron chi connectivity index (χ0n) is 8.21. The Morgan fingerprint density at radius 2 is 1.33 bits per heavy atom. The first kappa shape index (κ1) is 17.1. The highest BCUT2D eigenvalue weighted by atomic mass is 16.1. The Kier molecular flexibility index (Phi) is 23.4. The molecule has 2 nitrogen and oxygen atoms in total. The summed E-state index contributed by atoms with van der Waals surface area (Å²) in [5.41, 5.74) is 1.32. The molecule has 0 spiro atoms. The zero-order chi connectivity index (χ0) is 9.11. The van der Waals surface area contributed by atoms with Gasteiger partial charge in [0.15, 0.2) is 0 Å². The Bertz CT molecular complexity index is 151. The van der Waals surface area contributed by atoms with Crippen LogP contribution in [0.3, 0.4) is 0 Å². The normalized spacial score (nSPS) is 5.92. The first-order chi connectivity index (χ1) is 5.39. The number of rotatable bonds is 0. The summed E-state index contributed by atoms with van der Waals surface area (Å²) in [5.74, 6) is 0. The lowest BCUT2D eigenvalue weighted by Gasteiger charge is -1.82. The standard InChI is InChI=1S/C7H8.C2H6.CH2O.H3N/c1-7-5-3-2-4-6-7;2*1-2;/h2-6H,1H3;1-2H3;1H2;1H3. The molecule has 12 heavy (non-hydrogen) atoms. The van der Waals surface area contributed by atoms with Crippen LogP contribution >= 0.6 is 0 Å². The fraction of sp³-hybridized carbons (Fsp3) is 0.300. The molecule has 0 saturated carbocycles. The van der Waals surface area contributed by atoms with E-state index in [1.54, 1.807) is 0 Å². The molecule has 1 rings (SSSR count). The minimum Gasteiger partial charge on any atom is -0.344 e. The van der Waals surface area contributed by atoms with Gasteiger partial charge in [-0.15, -0.1) is 0 Å². The van der Waals surface area contributed by atoms with E-state index in [1.807, 2.05) is 38.8 Å². The molecule has 0 aliphatic carbocycles. The van der Waals surface area contributed by atoms with Gasteiger partial charge in [-0.05, 0) is 6.92 Å². The van der Waals surface area contributed by atoms with E-state index in [0.29, 0.717) is 0 Å². The fourth-order valence-corrected chi connectivity index (χ4v) is 0.534. The van der Waals surface area contributed by atoms with Crippen molar-refractivity contribution in [3.8, 4) is 0 Å². The van der Waals surface area contributed by atoms with Crippen LogP contribution in [0.15, 0.2) is 30.3 Å². The van der Waals surface area contributed by atoms with E-state index in [-0.39, 0.29) is 6.15 Å². The molecule has 2 heteroatoms. The topological polar surface area (TPSA) is 52.1 Å². The number of carbonyl (C=O) groups is 1. The third-order valence-electron chi connectivity index (χ3n) is 0.940. The van der Waals surface area contributed by atoms with Gasteiger partial charge < -0.3 is 10.9 Å². The highest BCUT2D eigenvalue weighted by molar-refractivity contribution is 5.11. The van der Waals surface area contributed by atoms with E-state index >= 15 is 0 Å².